The van der Waals surface area contributed by atoms with Gasteiger partial charge in [-0.3, -0.25) is 14.8 Å². The van der Waals surface area contributed by atoms with Crippen LogP contribution in [-0.2, 0) is 0 Å². The van der Waals surface area contributed by atoms with Crippen LogP contribution in [-0.4, -0.2) is 15.9 Å². The van der Waals surface area contributed by atoms with Crippen LogP contribution in [0.25, 0.3) is 0 Å². The second kappa shape index (κ2) is 9.09. The molecule has 0 aliphatic rings. The molecule has 2 aromatic carbocycles. The summed E-state index contributed by atoms with van der Waals surface area (Å²) in [6, 6.07) is 20.1. The van der Waals surface area contributed by atoms with Crippen LogP contribution in [0.2, 0.25) is 0 Å². The number of hydrogen-bond donors (Lipinski definition) is 2. The van der Waals surface area contributed by atoms with Crippen molar-refractivity contribution in [3.8, 4) is 11.5 Å². The summed E-state index contributed by atoms with van der Waals surface area (Å²) in [7, 11) is 0. The van der Waals surface area contributed by atoms with Crippen LogP contribution < -0.4 is 15.4 Å². The van der Waals surface area contributed by atoms with Gasteiger partial charge in [-0.15, -0.1) is 0 Å². The topological polar surface area (TPSA) is 76.1 Å². The van der Waals surface area contributed by atoms with Gasteiger partial charge in [-0.1, -0.05) is 12.1 Å². The van der Waals surface area contributed by atoms with E-state index < -0.39 is 0 Å². The molecule has 6 nitrogen and oxygen atoms in total. The van der Waals surface area contributed by atoms with Gasteiger partial charge in [-0.05, 0) is 67.9 Å². The first-order valence-electron chi connectivity index (χ1n) is 9.87. The zero-order valence-corrected chi connectivity index (χ0v) is 17.3. The van der Waals surface area contributed by atoms with Crippen molar-refractivity contribution >= 4 is 23.0 Å². The monoisotopic (exact) mass is 410 g/mol. The van der Waals surface area contributed by atoms with Gasteiger partial charge in [0.25, 0.3) is 5.91 Å². The molecule has 0 unspecified atom stereocenters. The van der Waals surface area contributed by atoms with Crippen molar-refractivity contribution in [2.75, 3.05) is 10.6 Å². The Kier molecular flexibility index (Phi) is 5.89. The van der Waals surface area contributed by atoms with E-state index in [0.29, 0.717) is 22.7 Å². The number of carbonyl (C=O) groups excluding carboxylic acids is 1. The molecule has 31 heavy (non-hydrogen) atoms. The fourth-order valence-electron chi connectivity index (χ4n) is 3.05. The average Bonchev–Trinajstić information content (AvgIpc) is 2.78. The number of carbonyl (C=O) groups is 1. The molecular formula is C25H22N4O2. The molecule has 0 saturated heterocycles. The average molecular weight is 410 g/mol. The van der Waals surface area contributed by atoms with Gasteiger partial charge in [0.05, 0.1) is 0 Å². The van der Waals surface area contributed by atoms with Gasteiger partial charge >= 0.3 is 0 Å². The molecule has 0 aliphatic carbocycles. The van der Waals surface area contributed by atoms with Crippen LogP contribution >= 0.6 is 0 Å². The lowest BCUT2D eigenvalue weighted by molar-refractivity contribution is 0.102. The Morgan fingerprint density at radius 1 is 0.839 bits per heavy atom. The van der Waals surface area contributed by atoms with Crippen molar-refractivity contribution in [1.82, 2.24) is 9.97 Å². The van der Waals surface area contributed by atoms with Crippen molar-refractivity contribution in [3.63, 3.8) is 0 Å². The Balaban J connectivity index is 1.47. The maximum Gasteiger partial charge on any atom is 0.255 e. The second-order valence-electron chi connectivity index (χ2n) is 7.04. The summed E-state index contributed by atoms with van der Waals surface area (Å²) >= 11 is 0. The van der Waals surface area contributed by atoms with Crippen LogP contribution in [0, 0.1) is 13.8 Å². The minimum atomic E-state index is -0.202. The van der Waals surface area contributed by atoms with Crippen molar-refractivity contribution in [2.24, 2.45) is 0 Å². The van der Waals surface area contributed by atoms with Crippen LogP contribution in [0.4, 0.5) is 17.1 Å². The lowest BCUT2D eigenvalue weighted by Gasteiger charge is -2.12. The Morgan fingerprint density at radius 2 is 1.61 bits per heavy atom. The molecule has 4 aromatic rings. The molecule has 2 aromatic heterocycles. The van der Waals surface area contributed by atoms with E-state index in [9.17, 15) is 4.79 Å². The Labute approximate surface area is 181 Å². The number of pyridine rings is 2. The van der Waals surface area contributed by atoms with Crippen molar-refractivity contribution < 1.29 is 9.53 Å². The van der Waals surface area contributed by atoms with Gasteiger partial charge in [-0.25, -0.2) is 0 Å². The van der Waals surface area contributed by atoms with Crippen molar-refractivity contribution in [3.05, 3.63) is 102 Å². The van der Waals surface area contributed by atoms with Gasteiger partial charge in [0.1, 0.15) is 11.5 Å². The highest BCUT2D eigenvalue weighted by Gasteiger charge is 2.09. The second-order valence-corrected chi connectivity index (χ2v) is 7.04. The maximum absolute atomic E-state index is 12.8. The smallest absolute Gasteiger partial charge is 0.255 e. The highest BCUT2D eigenvalue weighted by molar-refractivity contribution is 6.05. The minimum Gasteiger partial charge on any atom is -0.457 e. The van der Waals surface area contributed by atoms with Gasteiger partial charge in [0, 0.05) is 53.0 Å². The number of hydrogen-bond acceptors (Lipinski definition) is 5. The summed E-state index contributed by atoms with van der Waals surface area (Å²) in [4.78, 5) is 21.1. The number of rotatable bonds is 6. The Morgan fingerprint density at radius 3 is 2.45 bits per heavy atom. The standard InChI is InChI=1S/C25H22N4O2/c1-17-18(2)27-14-11-24(17)28-20-6-3-5-19(15-20)25(30)29-21-7-4-8-23(16-21)31-22-9-12-26-13-10-22/h3-16H,1-2H3,(H,27,28)(H,29,30). The van der Waals surface area contributed by atoms with Crippen LogP contribution in [0.3, 0.4) is 0 Å². The summed E-state index contributed by atoms with van der Waals surface area (Å²) in [6.07, 6.45) is 5.09. The van der Waals surface area contributed by atoms with E-state index in [1.54, 1.807) is 42.9 Å². The van der Waals surface area contributed by atoms with E-state index >= 15 is 0 Å². The SMILES string of the molecule is Cc1nccc(Nc2cccc(C(=O)Nc3cccc(Oc4ccncc4)c3)c2)c1C. The fourth-order valence-corrected chi connectivity index (χ4v) is 3.05. The molecule has 0 bridgehead atoms. The predicted molar refractivity (Wildman–Crippen MR) is 122 cm³/mol. The first-order valence-corrected chi connectivity index (χ1v) is 9.87. The first kappa shape index (κ1) is 20.1. The number of benzene rings is 2. The predicted octanol–water partition coefficient (Wildman–Crippen LogP) is 5.88. The first-order chi connectivity index (χ1) is 15.1. The molecule has 154 valence electrons. The number of aromatic nitrogens is 2. The highest BCUT2D eigenvalue weighted by Crippen LogP contribution is 2.25. The van der Waals surface area contributed by atoms with Crippen molar-refractivity contribution in [2.45, 2.75) is 13.8 Å². The van der Waals surface area contributed by atoms with Gasteiger partial charge < -0.3 is 15.4 Å². The lowest BCUT2D eigenvalue weighted by atomic mass is 10.1. The van der Waals surface area contributed by atoms with E-state index in [1.807, 2.05) is 56.3 Å². The summed E-state index contributed by atoms with van der Waals surface area (Å²) < 4.78 is 5.81. The summed E-state index contributed by atoms with van der Waals surface area (Å²) in [5, 5.41) is 6.29. The molecule has 2 heterocycles. The summed E-state index contributed by atoms with van der Waals surface area (Å²) in [5.74, 6) is 1.11. The third-order valence-corrected chi connectivity index (χ3v) is 4.84. The molecule has 0 spiro atoms. The van der Waals surface area contributed by atoms with Gasteiger partial charge in [0.2, 0.25) is 0 Å². The summed E-state index contributed by atoms with van der Waals surface area (Å²) in [5.41, 5.74) is 5.03. The minimum absolute atomic E-state index is 0.202. The molecule has 0 fully saturated rings. The van der Waals surface area contributed by atoms with E-state index in [-0.39, 0.29) is 5.91 Å². The third kappa shape index (κ3) is 5.05. The molecule has 0 atom stereocenters. The normalized spacial score (nSPS) is 10.4. The van der Waals surface area contributed by atoms with E-state index in [1.165, 1.54) is 0 Å². The van der Waals surface area contributed by atoms with Gasteiger partial charge in [-0.2, -0.15) is 0 Å². The van der Waals surface area contributed by atoms with Crippen molar-refractivity contribution in [1.29, 1.82) is 0 Å². The maximum atomic E-state index is 12.8. The molecule has 0 saturated carbocycles. The number of aryl methyl sites for hydroxylation is 1. The number of nitrogens with one attached hydrogen (secondary N) is 2. The molecular weight excluding hydrogens is 388 g/mol. The zero-order valence-electron chi connectivity index (χ0n) is 17.3. The number of anilines is 3. The van der Waals surface area contributed by atoms with Crippen LogP contribution in [0.1, 0.15) is 21.6 Å². The van der Waals surface area contributed by atoms with E-state index in [0.717, 1.165) is 22.6 Å². The molecule has 0 radical (unpaired) electrons. The number of nitrogens with zero attached hydrogens (tertiary/aromatic N) is 2. The van der Waals surface area contributed by atoms with Crippen LogP contribution in [0.15, 0.2) is 85.3 Å². The van der Waals surface area contributed by atoms with Gasteiger partial charge in [0.15, 0.2) is 0 Å². The number of ether oxygens (including phenoxy) is 1. The molecule has 2 N–H and O–H groups in total. The molecule has 1 amide bonds. The molecule has 6 heteroatoms. The third-order valence-electron chi connectivity index (χ3n) is 4.84. The quantitative estimate of drug-likeness (QED) is 0.415. The lowest BCUT2D eigenvalue weighted by Crippen LogP contribution is -2.12. The fraction of sp³-hybridized carbons (Fsp3) is 0.0800. The Hall–Kier alpha value is -4.19. The van der Waals surface area contributed by atoms with Crippen LogP contribution in [0.5, 0.6) is 11.5 Å². The molecule has 4 rings (SSSR count). The summed E-state index contributed by atoms with van der Waals surface area (Å²) in [6.45, 7) is 3.99. The number of amides is 1. The van der Waals surface area contributed by atoms with E-state index in [2.05, 4.69) is 20.6 Å². The highest BCUT2D eigenvalue weighted by atomic mass is 16.5. The Bertz CT molecular complexity index is 1210. The largest absolute Gasteiger partial charge is 0.457 e. The zero-order chi connectivity index (χ0) is 21.6. The van der Waals surface area contributed by atoms with E-state index in [4.69, 9.17) is 4.74 Å². The molecule has 0 aliphatic heterocycles.